The van der Waals surface area contributed by atoms with Crippen LogP contribution in [0.3, 0.4) is 0 Å². The highest BCUT2D eigenvalue weighted by Gasteiger charge is 2.27. The number of ether oxygens (including phenoxy) is 1. The summed E-state index contributed by atoms with van der Waals surface area (Å²) < 4.78 is 6.22. The van der Waals surface area contributed by atoms with Crippen molar-refractivity contribution in [1.29, 1.82) is 0 Å². The van der Waals surface area contributed by atoms with Gasteiger partial charge < -0.3 is 9.64 Å². The van der Waals surface area contributed by atoms with Crippen molar-refractivity contribution in [3.8, 4) is 5.75 Å². The Morgan fingerprint density at radius 2 is 2.26 bits per heavy atom. The van der Waals surface area contributed by atoms with Gasteiger partial charge in [0.1, 0.15) is 5.75 Å². The van der Waals surface area contributed by atoms with Crippen molar-refractivity contribution in [3.63, 3.8) is 0 Å². The molecule has 1 heterocycles. The maximum absolute atomic E-state index is 12.7. The van der Waals surface area contributed by atoms with Gasteiger partial charge in [-0.3, -0.25) is 4.79 Å². The first-order valence-electron chi connectivity index (χ1n) is 6.82. The number of halogens is 1. The van der Waals surface area contributed by atoms with Crippen LogP contribution in [0.2, 0.25) is 0 Å². The molecule has 104 valence electrons. The van der Waals surface area contributed by atoms with E-state index >= 15 is 0 Å². The minimum absolute atomic E-state index is 0.0877. The van der Waals surface area contributed by atoms with Crippen molar-refractivity contribution in [3.05, 3.63) is 28.2 Å². The molecule has 0 aliphatic carbocycles. The van der Waals surface area contributed by atoms with E-state index in [9.17, 15) is 4.79 Å². The zero-order valence-corrected chi connectivity index (χ0v) is 13.1. The Kier molecular flexibility index (Phi) is 4.86. The lowest BCUT2D eigenvalue weighted by Gasteiger charge is -2.35. The molecule has 1 amide bonds. The normalized spacial score (nSPS) is 19.3. The maximum Gasteiger partial charge on any atom is 0.257 e. The van der Waals surface area contributed by atoms with E-state index in [1.165, 1.54) is 6.42 Å². The predicted octanol–water partition coefficient (Wildman–Crippen LogP) is 3.86. The van der Waals surface area contributed by atoms with E-state index in [1.807, 2.05) is 23.1 Å². The molecule has 19 heavy (non-hydrogen) atoms. The molecule has 0 radical (unpaired) electrons. The van der Waals surface area contributed by atoms with E-state index < -0.39 is 0 Å². The Bertz CT molecular complexity index is 461. The minimum atomic E-state index is 0.0877. The van der Waals surface area contributed by atoms with Crippen LogP contribution in [0, 0.1) is 0 Å². The molecule has 0 aromatic heterocycles. The highest BCUT2D eigenvalue weighted by Crippen LogP contribution is 2.28. The van der Waals surface area contributed by atoms with Gasteiger partial charge in [0.2, 0.25) is 0 Å². The molecule has 1 atom stereocenters. The zero-order valence-electron chi connectivity index (χ0n) is 11.5. The van der Waals surface area contributed by atoms with Crippen molar-refractivity contribution in [1.82, 2.24) is 4.90 Å². The van der Waals surface area contributed by atoms with E-state index in [0.29, 0.717) is 17.4 Å². The molecule has 1 saturated heterocycles. The molecule has 2 rings (SSSR count). The third-order valence-corrected chi connectivity index (χ3v) is 4.24. The molecule has 1 aromatic rings. The number of amides is 1. The molecule has 4 heteroatoms. The standard InChI is InChI=1S/C15H20BrNO2/c1-3-12-6-4-5-9-17(12)15(18)13-10-11(16)7-8-14(13)19-2/h7-8,10,12H,3-6,9H2,1-2H3. The van der Waals surface area contributed by atoms with E-state index in [4.69, 9.17) is 4.74 Å². The van der Waals surface area contributed by atoms with E-state index in [2.05, 4.69) is 22.9 Å². The number of hydrogen-bond acceptors (Lipinski definition) is 2. The second-order valence-electron chi connectivity index (χ2n) is 4.90. The second kappa shape index (κ2) is 6.42. The minimum Gasteiger partial charge on any atom is -0.496 e. The van der Waals surface area contributed by atoms with Gasteiger partial charge in [-0.25, -0.2) is 0 Å². The first kappa shape index (κ1) is 14.4. The number of benzene rings is 1. The Morgan fingerprint density at radius 3 is 2.95 bits per heavy atom. The fourth-order valence-electron chi connectivity index (χ4n) is 2.69. The topological polar surface area (TPSA) is 29.5 Å². The van der Waals surface area contributed by atoms with Crippen LogP contribution in [0.4, 0.5) is 0 Å². The molecule has 0 N–H and O–H groups in total. The third kappa shape index (κ3) is 3.11. The molecule has 1 aromatic carbocycles. The second-order valence-corrected chi connectivity index (χ2v) is 5.82. The van der Waals surface area contributed by atoms with Gasteiger partial charge >= 0.3 is 0 Å². The summed E-state index contributed by atoms with van der Waals surface area (Å²) in [5.74, 6) is 0.735. The van der Waals surface area contributed by atoms with Gasteiger partial charge in [-0.2, -0.15) is 0 Å². The number of piperidine rings is 1. The van der Waals surface area contributed by atoms with Gasteiger partial charge in [0.25, 0.3) is 5.91 Å². The fraction of sp³-hybridized carbons (Fsp3) is 0.533. The monoisotopic (exact) mass is 325 g/mol. The summed E-state index contributed by atoms with van der Waals surface area (Å²) >= 11 is 3.42. The molecule has 3 nitrogen and oxygen atoms in total. The van der Waals surface area contributed by atoms with Crippen LogP contribution in [0.25, 0.3) is 0 Å². The lowest BCUT2D eigenvalue weighted by atomic mass is 9.98. The summed E-state index contributed by atoms with van der Waals surface area (Å²) in [6, 6.07) is 5.94. The quantitative estimate of drug-likeness (QED) is 0.844. The van der Waals surface area contributed by atoms with Crippen LogP contribution in [-0.2, 0) is 0 Å². The molecule has 1 fully saturated rings. The van der Waals surface area contributed by atoms with Crippen molar-refractivity contribution < 1.29 is 9.53 Å². The van der Waals surface area contributed by atoms with Crippen LogP contribution in [0.15, 0.2) is 22.7 Å². The molecule has 0 saturated carbocycles. The lowest BCUT2D eigenvalue weighted by molar-refractivity contribution is 0.0604. The Balaban J connectivity index is 2.29. The summed E-state index contributed by atoms with van der Waals surface area (Å²) in [7, 11) is 1.60. The van der Waals surface area contributed by atoms with Gasteiger partial charge in [0.05, 0.1) is 12.7 Å². The predicted molar refractivity (Wildman–Crippen MR) is 79.7 cm³/mol. The van der Waals surface area contributed by atoms with Crippen molar-refractivity contribution in [2.75, 3.05) is 13.7 Å². The maximum atomic E-state index is 12.7. The molecule has 0 bridgehead atoms. The third-order valence-electron chi connectivity index (χ3n) is 3.75. The molecule has 0 spiro atoms. The van der Waals surface area contributed by atoms with E-state index in [-0.39, 0.29) is 5.91 Å². The Hall–Kier alpha value is -1.03. The van der Waals surface area contributed by atoms with Gasteiger partial charge in [-0.1, -0.05) is 22.9 Å². The van der Waals surface area contributed by atoms with E-state index in [1.54, 1.807) is 7.11 Å². The number of nitrogens with zero attached hydrogens (tertiary/aromatic N) is 1. The van der Waals surface area contributed by atoms with Crippen molar-refractivity contribution >= 4 is 21.8 Å². The molecular formula is C15H20BrNO2. The average Bonchev–Trinajstić information content (AvgIpc) is 2.46. The van der Waals surface area contributed by atoms with Crippen LogP contribution >= 0.6 is 15.9 Å². The average molecular weight is 326 g/mol. The first-order valence-corrected chi connectivity index (χ1v) is 7.61. The Labute approximate surface area is 123 Å². The SMILES string of the molecule is CCC1CCCCN1C(=O)c1cc(Br)ccc1OC. The van der Waals surface area contributed by atoms with Gasteiger partial charge in [-0.05, 0) is 43.9 Å². The molecule has 1 aliphatic rings. The fourth-order valence-corrected chi connectivity index (χ4v) is 3.06. The van der Waals surface area contributed by atoms with Gasteiger partial charge in [0, 0.05) is 17.1 Å². The van der Waals surface area contributed by atoms with E-state index in [0.717, 1.165) is 30.3 Å². The summed E-state index contributed by atoms with van der Waals surface area (Å²) in [4.78, 5) is 14.7. The summed E-state index contributed by atoms with van der Waals surface area (Å²) in [5, 5.41) is 0. The summed E-state index contributed by atoms with van der Waals surface area (Å²) in [6.45, 7) is 3.00. The highest BCUT2D eigenvalue weighted by atomic mass is 79.9. The summed E-state index contributed by atoms with van der Waals surface area (Å²) in [6.07, 6.45) is 4.44. The molecule has 1 unspecified atom stereocenters. The number of carbonyl (C=O) groups is 1. The molecular weight excluding hydrogens is 306 g/mol. The first-order chi connectivity index (χ1) is 9.17. The van der Waals surface area contributed by atoms with Gasteiger partial charge in [0.15, 0.2) is 0 Å². The van der Waals surface area contributed by atoms with Crippen LogP contribution in [-0.4, -0.2) is 30.5 Å². The van der Waals surface area contributed by atoms with Crippen LogP contribution in [0.5, 0.6) is 5.75 Å². The zero-order chi connectivity index (χ0) is 13.8. The van der Waals surface area contributed by atoms with Crippen molar-refractivity contribution in [2.45, 2.75) is 38.6 Å². The number of methoxy groups -OCH3 is 1. The highest BCUT2D eigenvalue weighted by molar-refractivity contribution is 9.10. The Morgan fingerprint density at radius 1 is 1.47 bits per heavy atom. The lowest BCUT2D eigenvalue weighted by Crippen LogP contribution is -2.43. The molecule has 1 aliphatic heterocycles. The van der Waals surface area contributed by atoms with Gasteiger partial charge in [-0.15, -0.1) is 0 Å². The van der Waals surface area contributed by atoms with Crippen molar-refractivity contribution in [2.24, 2.45) is 0 Å². The van der Waals surface area contributed by atoms with Crippen LogP contribution < -0.4 is 4.74 Å². The largest absolute Gasteiger partial charge is 0.496 e. The smallest absolute Gasteiger partial charge is 0.257 e. The number of hydrogen-bond donors (Lipinski definition) is 0. The summed E-state index contributed by atoms with van der Waals surface area (Å²) in [5.41, 5.74) is 0.650. The number of likely N-dealkylation sites (tertiary alicyclic amines) is 1. The van der Waals surface area contributed by atoms with Crippen LogP contribution in [0.1, 0.15) is 43.0 Å². The number of rotatable bonds is 3. The number of carbonyl (C=O) groups excluding carboxylic acids is 1.